The lowest BCUT2D eigenvalue weighted by Gasteiger charge is -2.35. The van der Waals surface area contributed by atoms with Crippen LogP contribution in [0.2, 0.25) is 0 Å². The number of rotatable bonds is 6. The molecule has 0 aromatic heterocycles. The maximum absolute atomic E-state index is 12.6. The van der Waals surface area contributed by atoms with Gasteiger partial charge in [-0.3, -0.25) is 9.59 Å². The van der Waals surface area contributed by atoms with Crippen molar-refractivity contribution in [1.82, 2.24) is 0 Å². The maximum Gasteiger partial charge on any atom is 0.226 e. The third-order valence-corrected chi connectivity index (χ3v) is 5.19. The average Bonchev–Trinajstić information content (AvgIpc) is 2.58. The van der Waals surface area contributed by atoms with Gasteiger partial charge in [-0.05, 0) is 49.4 Å². The molecule has 2 rings (SSSR count). The second kappa shape index (κ2) is 8.48. The Balaban J connectivity index is 2.05. The summed E-state index contributed by atoms with van der Waals surface area (Å²) >= 11 is 0. The molecule has 5 heteroatoms. The molecule has 1 aromatic carbocycles. The highest BCUT2D eigenvalue weighted by molar-refractivity contribution is 5.95. The van der Waals surface area contributed by atoms with E-state index in [1.807, 2.05) is 39.0 Å². The van der Waals surface area contributed by atoms with Crippen molar-refractivity contribution in [3.05, 3.63) is 23.8 Å². The molecule has 0 bridgehead atoms. The van der Waals surface area contributed by atoms with E-state index in [-0.39, 0.29) is 23.1 Å². The highest BCUT2D eigenvalue weighted by Gasteiger charge is 2.33. The van der Waals surface area contributed by atoms with Crippen LogP contribution < -0.4 is 16.4 Å². The molecule has 0 aliphatic heterocycles. The van der Waals surface area contributed by atoms with Gasteiger partial charge in [-0.2, -0.15) is 0 Å². The van der Waals surface area contributed by atoms with Crippen molar-refractivity contribution in [2.45, 2.75) is 59.3 Å². The Morgan fingerprint density at radius 2 is 1.84 bits per heavy atom. The van der Waals surface area contributed by atoms with Crippen molar-refractivity contribution < 1.29 is 9.59 Å². The Morgan fingerprint density at radius 1 is 1.16 bits per heavy atom. The van der Waals surface area contributed by atoms with Gasteiger partial charge in [0.05, 0.1) is 0 Å². The smallest absolute Gasteiger partial charge is 0.226 e. The number of carbonyl (C=O) groups excluding carboxylic acids is 2. The average molecular weight is 345 g/mol. The fourth-order valence-electron chi connectivity index (χ4n) is 3.41. The van der Waals surface area contributed by atoms with Crippen LogP contribution >= 0.6 is 0 Å². The molecule has 0 radical (unpaired) electrons. The van der Waals surface area contributed by atoms with Crippen LogP contribution in [0.1, 0.15) is 57.9 Å². The highest BCUT2D eigenvalue weighted by atomic mass is 16.2. The van der Waals surface area contributed by atoms with Crippen molar-refractivity contribution in [2.24, 2.45) is 17.1 Å². The molecule has 25 heavy (non-hydrogen) atoms. The van der Waals surface area contributed by atoms with Crippen LogP contribution in [0.5, 0.6) is 0 Å². The zero-order valence-electron chi connectivity index (χ0n) is 15.7. The zero-order valence-corrected chi connectivity index (χ0v) is 15.7. The molecule has 0 heterocycles. The second-order valence-electron chi connectivity index (χ2n) is 7.66. The van der Waals surface area contributed by atoms with Gasteiger partial charge in [-0.25, -0.2) is 0 Å². The van der Waals surface area contributed by atoms with Gasteiger partial charge in [0.2, 0.25) is 11.8 Å². The van der Waals surface area contributed by atoms with E-state index < -0.39 is 0 Å². The summed E-state index contributed by atoms with van der Waals surface area (Å²) in [6, 6.07) is 5.59. The number of aryl methyl sites for hydroxylation is 1. The van der Waals surface area contributed by atoms with Gasteiger partial charge in [0.15, 0.2) is 0 Å². The molecule has 138 valence electrons. The van der Waals surface area contributed by atoms with Gasteiger partial charge < -0.3 is 16.4 Å². The Bertz CT molecular complexity index is 619. The van der Waals surface area contributed by atoms with Gasteiger partial charge in [-0.15, -0.1) is 0 Å². The molecule has 1 saturated carbocycles. The largest absolute Gasteiger partial charge is 0.330 e. The second-order valence-corrected chi connectivity index (χ2v) is 7.66. The minimum Gasteiger partial charge on any atom is -0.330 e. The molecule has 0 unspecified atom stereocenters. The van der Waals surface area contributed by atoms with E-state index in [0.717, 1.165) is 36.9 Å². The fraction of sp³-hybridized carbons (Fsp3) is 0.600. The topological polar surface area (TPSA) is 84.2 Å². The maximum atomic E-state index is 12.6. The molecule has 0 atom stereocenters. The van der Waals surface area contributed by atoms with Crippen molar-refractivity contribution in [2.75, 3.05) is 17.2 Å². The summed E-state index contributed by atoms with van der Waals surface area (Å²) in [5, 5.41) is 5.89. The molecule has 1 aliphatic rings. The Hall–Kier alpha value is -1.88. The summed E-state index contributed by atoms with van der Waals surface area (Å²) in [5.74, 6) is -0.122. The predicted molar refractivity (Wildman–Crippen MR) is 102 cm³/mol. The summed E-state index contributed by atoms with van der Waals surface area (Å²) in [4.78, 5) is 24.4. The van der Waals surface area contributed by atoms with E-state index >= 15 is 0 Å². The first-order valence-corrected chi connectivity index (χ1v) is 9.27. The predicted octanol–water partition coefficient (Wildman–Crippen LogP) is 3.83. The van der Waals surface area contributed by atoms with E-state index in [1.165, 1.54) is 6.42 Å². The minimum absolute atomic E-state index is 0.00258. The van der Waals surface area contributed by atoms with E-state index in [1.54, 1.807) is 0 Å². The molecular formula is C20H31N3O2. The highest BCUT2D eigenvalue weighted by Crippen LogP contribution is 2.38. The first kappa shape index (κ1) is 19.4. The minimum atomic E-state index is -0.0879. The Labute approximate surface area is 150 Å². The van der Waals surface area contributed by atoms with E-state index in [2.05, 4.69) is 10.6 Å². The summed E-state index contributed by atoms with van der Waals surface area (Å²) in [7, 11) is 0. The number of nitrogens with two attached hydrogens (primary N) is 1. The molecule has 5 nitrogen and oxygen atoms in total. The molecule has 2 amide bonds. The van der Waals surface area contributed by atoms with E-state index in [4.69, 9.17) is 5.73 Å². The molecule has 1 fully saturated rings. The summed E-state index contributed by atoms with van der Waals surface area (Å²) in [5.41, 5.74) is 8.35. The fourth-order valence-corrected chi connectivity index (χ4v) is 3.41. The summed E-state index contributed by atoms with van der Waals surface area (Å²) in [6.45, 7) is 6.21. The SMILES string of the molecule is Cc1ccc(NC(=O)C(C)C)cc1NC(=O)CC1(CN)CCCCC1. The number of hydrogen-bond donors (Lipinski definition) is 3. The molecular weight excluding hydrogens is 314 g/mol. The molecule has 0 saturated heterocycles. The monoisotopic (exact) mass is 345 g/mol. The van der Waals surface area contributed by atoms with Crippen LogP contribution in [0.15, 0.2) is 18.2 Å². The van der Waals surface area contributed by atoms with Crippen LogP contribution in [0, 0.1) is 18.3 Å². The normalized spacial score (nSPS) is 16.5. The Morgan fingerprint density at radius 3 is 2.44 bits per heavy atom. The number of anilines is 2. The van der Waals surface area contributed by atoms with Crippen molar-refractivity contribution in [1.29, 1.82) is 0 Å². The van der Waals surface area contributed by atoms with E-state index in [9.17, 15) is 9.59 Å². The molecule has 4 N–H and O–H groups in total. The van der Waals surface area contributed by atoms with Gasteiger partial charge in [-0.1, -0.05) is 39.2 Å². The lowest BCUT2D eigenvalue weighted by molar-refractivity contribution is -0.119. The van der Waals surface area contributed by atoms with Gasteiger partial charge >= 0.3 is 0 Å². The number of benzene rings is 1. The van der Waals surface area contributed by atoms with Crippen LogP contribution in [0.25, 0.3) is 0 Å². The molecule has 1 aliphatic carbocycles. The molecule has 1 aromatic rings. The van der Waals surface area contributed by atoms with Crippen LogP contribution in [0.3, 0.4) is 0 Å². The van der Waals surface area contributed by atoms with Crippen LogP contribution in [-0.4, -0.2) is 18.4 Å². The van der Waals surface area contributed by atoms with Crippen LogP contribution in [-0.2, 0) is 9.59 Å². The van der Waals surface area contributed by atoms with Gasteiger partial charge in [0.1, 0.15) is 0 Å². The summed E-state index contributed by atoms with van der Waals surface area (Å²) < 4.78 is 0. The van der Waals surface area contributed by atoms with E-state index in [0.29, 0.717) is 18.7 Å². The van der Waals surface area contributed by atoms with Crippen molar-refractivity contribution in [3.63, 3.8) is 0 Å². The molecule has 0 spiro atoms. The number of hydrogen-bond acceptors (Lipinski definition) is 3. The number of amides is 2. The van der Waals surface area contributed by atoms with Crippen LogP contribution in [0.4, 0.5) is 11.4 Å². The third kappa shape index (κ3) is 5.30. The standard InChI is InChI=1S/C20H31N3O2/c1-14(2)19(25)22-16-8-7-15(3)17(11-16)23-18(24)12-20(13-21)9-5-4-6-10-20/h7-8,11,14H,4-6,9-10,12-13,21H2,1-3H3,(H,22,25)(H,23,24). The van der Waals surface area contributed by atoms with Gasteiger partial charge in [0.25, 0.3) is 0 Å². The first-order valence-electron chi connectivity index (χ1n) is 9.27. The first-order chi connectivity index (χ1) is 11.8. The lowest BCUT2D eigenvalue weighted by Crippen LogP contribution is -2.36. The number of nitrogens with one attached hydrogen (secondary N) is 2. The van der Waals surface area contributed by atoms with Crippen molar-refractivity contribution >= 4 is 23.2 Å². The zero-order chi connectivity index (χ0) is 18.4. The Kier molecular flexibility index (Phi) is 6.59. The third-order valence-electron chi connectivity index (χ3n) is 5.19. The lowest BCUT2D eigenvalue weighted by atomic mass is 9.71. The summed E-state index contributed by atoms with van der Waals surface area (Å²) in [6.07, 6.45) is 6.06. The van der Waals surface area contributed by atoms with Crippen molar-refractivity contribution in [3.8, 4) is 0 Å². The number of carbonyl (C=O) groups is 2. The quantitative estimate of drug-likeness (QED) is 0.732. The van der Waals surface area contributed by atoms with Gasteiger partial charge in [0, 0.05) is 23.7 Å².